The smallest absolute Gasteiger partial charge is 0.227 e. The number of hydrogen-bond donors (Lipinski definition) is 1. The summed E-state index contributed by atoms with van der Waals surface area (Å²) in [6.07, 6.45) is 0.184. The van der Waals surface area contributed by atoms with Crippen LogP contribution in [-0.2, 0) is 14.8 Å². The molecular weight excluding hydrogens is 368 g/mol. The molecular formula is C12H14BrClN2O3S. The number of nitrogens with zero attached hydrogens (tertiary/aromatic N) is 1. The minimum Gasteiger partial charge on any atom is -0.312 e. The molecule has 5 nitrogen and oxygen atoms in total. The number of benzene rings is 1. The Morgan fingerprint density at radius 1 is 1.50 bits per heavy atom. The molecule has 0 spiro atoms. The third-order valence-corrected chi connectivity index (χ3v) is 5.59. The molecule has 1 unspecified atom stereocenters. The molecule has 1 saturated heterocycles. The minimum absolute atomic E-state index is 0.111. The van der Waals surface area contributed by atoms with Crippen molar-refractivity contribution >= 4 is 49.1 Å². The molecule has 8 heteroatoms. The van der Waals surface area contributed by atoms with E-state index in [2.05, 4.69) is 15.9 Å². The Balaban J connectivity index is 2.27. The molecule has 1 atom stereocenters. The van der Waals surface area contributed by atoms with Crippen LogP contribution in [0.3, 0.4) is 0 Å². The number of halogens is 2. The van der Waals surface area contributed by atoms with Crippen LogP contribution < -0.4 is 10.0 Å². The van der Waals surface area contributed by atoms with E-state index in [1.165, 1.54) is 0 Å². The molecule has 1 fully saturated rings. The molecule has 1 aromatic rings. The second-order valence-corrected chi connectivity index (χ2v) is 7.80. The van der Waals surface area contributed by atoms with Crippen molar-refractivity contribution in [2.45, 2.75) is 13.3 Å². The second-order valence-electron chi connectivity index (χ2n) is 4.91. The van der Waals surface area contributed by atoms with Gasteiger partial charge in [0.15, 0.2) is 0 Å². The molecule has 20 heavy (non-hydrogen) atoms. The number of carbonyl (C=O) groups excluding carboxylic acids is 1. The fourth-order valence-corrected chi connectivity index (χ4v) is 3.86. The van der Waals surface area contributed by atoms with Gasteiger partial charge in [0.1, 0.15) is 0 Å². The highest BCUT2D eigenvalue weighted by Crippen LogP contribution is 2.35. The van der Waals surface area contributed by atoms with Gasteiger partial charge in [-0.2, -0.15) is 0 Å². The molecule has 0 bridgehead atoms. The van der Waals surface area contributed by atoms with E-state index < -0.39 is 10.0 Å². The Labute approximate surface area is 131 Å². The van der Waals surface area contributed by atoms with E-state index in [-0.39, 0.29) is 24.0 Å². The SMILES string of the molecule is Cc1c(N2CC(CS(N)(=O)=O)CC2=O)ccc(Br)c1Cl. The predicted molar refractivity (Wildman–Crippen MR) is 82.3 cm³/mol. The zero-order valence-electron chi connectivity index (χ0n) is 10.8. The zero-order valence-corrected chi connectivity index (χ0v) is 13.9. The summed E-state index contributed by atoms with van der Waals surface area (Å²) in [5.74, 6) is -0.571. The molecule has 110 valence electrons. The highest BCUT2D eigenvalue weighted by atomic mass is 79.9. The summed E-state index contributed by atoms with van der Waals surface area (Å²) < 4.78 is 23.0. The average Bonchev–Trinajstić information content (AvgIpc) is 2.65. The van der Waals surface area contributed by atoms with Crippen molar-refractivity contribution in [2.24, 2.45) is 11.1 Å². The Hall–Kier alpha value is -0.630. The largest absolute Gasteiger partial charge is 0.312 e. The van der Waals surface area contributed by atoms with Crippen molar-refractivity contribution in [1.29, 1.82) is 0 Å². The minimum atomic E-state index is -3.57. The van der Waals surface area contributed by atoms with Gasteiger partial charge < -0.3 is 4.90 Å². The Morgan fingerprint density at radius 3 is 2.75 bits per heavy atom. The van der Waals surface area contributed by atoms with E-state index in [0.29, 0.717) is 17.3 Å². The van der Waals surface area contributed by atoms with Gasteiger partial charge in [-0.15, -0.1) is 0 Å². The number of carbonyl (C=O) groups is 1. The number of primary sulfonamides is 1. The maximum atomic E-state index is 12.1. The molecule has 2 N–H and O–H groups in total. The molecule has 1 aliphatic rings. The monoisotopic (exact) mass is 380 g/mol. The first kappa shape index (κ1) is 15.8. The first-order valence-electron chi connectivity index (χ1n) is 5.94. The summed E-state index contributed by atoms with van der Waals surface area (Å²) in [5.41, 5.74) is 1.49. The van der Waals surface area contributed by atoms with Crippen LogP contribution in [0.1, 0.15) is 12.0 Å². The van der Waals surface area contributed by atoms with Crippen molar-refractivity contribution in [2.75, 3.05) is 17.2 Å². The second kappa shape index (κ2) is 5.63. The van der Waals surface area contributed by atoms with Gasteiger partial charge in [0.05, 0.1) is 10.8 Å². The van der Waals surface area contributed by atoms with Crippen molar-refractivity contribution < 1.29 is 13.2 Å². The van der Waals surface area contributed by atoms with Crippen molar-refractivity contribution in [3.8, 4) is 0 Å². The quantitative estimate of drug-likeness (QED) is 0.870. The highest BCUT2D eigenvalue weighted by molar-refractivity contribution is 9.10. The number of nitrogens with two attached hydrogens (primary N) is 1. The molecule has 0 saturated carbocycles. The molecule has 1 aromatic carbocycles. The summed E-state index contributed by atoms with van der Waals surface area (Å²) in [4.78, 5) is 13.6. The van der Waals surface area contributed by atoms with Gasteiger partial charge in [0.2, 0.25) is 15.9 Å². The Morgan fingerprint density at radius 2 is 2.15 bits per heavy atom. The van der Waals surface area contributed by atoms with Crippen LogP contribution in [0.15, 0.2) is 16.6 Å². The first-order valence-corrected chi connectivity index (χ1v) is 8.83. The van der Waals surface area contributed by atoms with E-state index in [9.17, 15) is 13.2 Å². The molecule has 0 aromatic heterocycles. The summed E-state index contributed by atoms with van der Waals surface area (Å²) in [6.45, 7) is 2.16. The van der Waals surface area contributed by atoms with E-state index in [4.69, 9.17) is 16.7 Å². The maximum Gasteiger partial charge on any atom is 0.227 e. The zero-order chi connectivity index (χ0) is 15.1. The molecule has 2 rings (SSSR count). The molecule has 1 heterocycles. The van der Waals surface area contributed by atoms with Gasteiger partial charge in [-0.25, -0.2) is 13.6 Å². The van der Waals surface area contributed by atoms with E-state index >= 15 is 0 Å². The van der Waals surface area contributed by atoms with Gasteiger partial charge >= 0.3 is 0 Å². The standard InChI is InChI=1S/C12H14BrClN2O3S/c1-7-10(3-2-9(13)12(7)14)16-5-8(4-11(16)17)6-20(15,18)19/h2-3,8H,4-6H2,1H3,(H2,15,18,19). The van der Waals surface area contributed by atoms with Crippen LogP contribution in [0.5, 0.6) is 0 Å². The normalized spacial score (nSPS) is 19.7. The predicted octanol–water partition coefficient (Wildman–Crippen LogP) is 2.05. The van der Waals surface area contributed by atoms with Crippen molar-refractivity contribution in [3.63, 3.8) is 0 Å². The summed E-state index contributed by atoms with van der Waals surface area (Å²) in [5, 5.41) is 5.58. The lowest BCUT2D eigenvalue weighted by molar-refractivity contribution is -0.117. The molecule has 0 aliphatic carbocycles. The van der Waals surface area contributed by atoms with E-state index in [1.807, 2.05) is 6.92 Å². The number of amides is 1. The lowest BCUT2D eigenvalue weighted by atomic mass is 10.1. The lowest BCUT2D eigenvalue weighted by Gasteiger charge is -2.20. The Bertz CT molecular complexity index is 663. The average molecular weight is 382 g/mol. The van der Waals surface area contributed by atoms with Crippen LogP contribution >= 0.6 is 27.5 Å². The number of rotatable bonds is 3. The number of sulfonamides is 1. The third kappa shape index (κ3) is 3.33. The third-order valence-electron chi connectivity index (χ3n) is 3.27. The number of anilines is 1. The van der Waals surface area contributed by atoms with Crippen LogP contribution in [0.4, 0.5) is 5.69 Å². The number of hydrogen-bond acceptors (Lipinski definition) is 3. The van der Waals surface area contributed by atoms with Crippen molar-refractivity contribution in [1.82, 2.24) is 0 Å². The maximum absolute atomic E-state index is 12.1. The highest BCUT2D eigenvalue weighted by Gasteiger charge is 2.33. The van der Waals surface area contributed by atoms with Crippen LogP contribution in [0.25, 0.3) is 0 Å². The molecule has 1 amide bonds. The van der Waals surface area contributed by atoms with Gasteiger partial charge in [-0.3, -0.25) is 4.79 Å². The summed E-state index contributed by atoms with van der Waals surface area (Å²) in [7, 11) is -3.57. The fourth-order valence-electron chi connectivity index (χ4n) is 2.39. The first-order chi connectivity index (χ1) is 9.19. The molecule has 0 radical (unpaired) electrons. The summed E-state index contributed by atoms with van der Waals surface area (Å²) in [6, 6.07) is 3.56. The fraction of sp³-hybridized carbons (Fsp3) is 0.417. The van der Waals surface area contributed by atoms with Crippen LogP contribution in [0, 0.1) is 12.8 Å². The van der Waals surface area contributed by atoms with Crippen LogP contribution in [-0.4, -0.2) is 26.6 Å². The van der Waals surface area contributed by atoms with Gasteiger partial charge in [-0.1, -0.05) is 11.6 Å². The topological polar surface area (TPSA) is 80.5 Å². The van der Waals surface area contributed by atoms with Gasteiger partial charge in [0.25, 0.3) is 0 Å². The van der Waals surface area contributed by atoms with Crippen molar-refractivity contribution in [3.05, 3.63) is 27.2 Å². The van der Waals surface area contributed by atoms with E-state index in [0.717, 1.165) is 10.0 Å². The molecule has 1 aliphatic heterocycles. The van der Waals surface area contributed by atoms with Gasteiger partial charge in [0, 0.05) is 29.0 Å². The van der Waals surface area contributed by atoms with Crippen LogP contribution in [0.2, 0.25) is 5.02 Å². The summed E-state index contributed by atoms with van der Waals surface area (Å²) >= 11 is 9.48. The van der Waals surface area contributed by atoms with E-state index in [1.54, 1.807) is 17.0 Å². The Kier molecular flexibility index (Phi) is 4.44. The lowest BCUT2D eigenvalue weighted by Crippen LogP contribution is -2.28. The van der Waals surface area contributed by atoms with Gasteiger partial charge in [-0.05, 0) is 40.5 Å².